The van der Waals surface area contributed by atoms with Crippen LogP contribution in [0.2, 0.25) is 5.28 Å². The Morgan fingerprint density at radius 1 is 1.20 bits per heavy atom. The Morgan fingerprint density at radius 2 is 1.93 bits per heavy atom. The van der Waals surface area contributed by atoms with E-state index >= 15 is 0 Å². The Hall–Kier alpha value is -3.85. The largest absolute Gasteiger partial charge is 0.498 e. The van der Waals surface area contributed by atoms with E-state index in [0.717, 1.165) is 12.8 Å². The number of methoxy groups -OCH3 is 2. The Bertz CT molecular complexity index is 1330. The first-order valence-corrected chi connectivity index (χ1v) is 15.5. The van der Waals surface area contributed by atoms with Crippen molar-refractivity contribution in [1.29, 1.82) is 0 Å². The third-order valence-electron chi connectivity index (χ3n) is 8.59. The summed E-state index contributed by atoms with van der Waals surface area (Å²) in [4.78, 5) is 58.8. The SMILES string of the molecule is CO/C(C)=C(/COC(=O)CC(C)(C)OC(=O)Nc1nc(Cl)nc2c1NCN2CCC(COC(=O)C1CC2(CCC2)C1)OC)OC=O. The molecule has 16 heteroatoms. The van der Waals surface area contributed by atoms with E-state index in [1.54, 1.807) is 14.0 Å². The fraction of sp³-hybridized carbons (Fsp3) is 0.667. The Morgan fingerprint density at radius 3 is 2.57 bits per heavy atom. The average molecular weight is 668 g/mol. The van der Waals surface area contributed by atoms with Crippen LogP contribution in [0, 0.1) is 11.3 Å². The quantitative estimate of drug-likeness (QED) is 0.0844. The Labute approximate surface area is 272 Å². The van der Waals surface area contributed by atoms with Crippen molar-refractivity contribution in [3.05, 3.63) is 16.8 Å². The van der Waals surface area contributed by atoms with Gasteiger partial charge in [-0.2, -0.15) is 9.97 Å². The second kappa shape index (κ2) is 15.2. The highest BCUT2D eigenvalue weighted by Crippen LogP contribution is 2.58. The minimum absolute atomic E-state index is 0.00584. The number of ether oxygens (including phenoxy) is 6. The van der Waals surface area contributed by atoms with Crippen molar-refractivity contribution in [2.45, 2.75) is 77.4 Å². The molecule has 2 heterocycles. The number of amides is 1. The summed E-state index contributed by atoms with van der Waals surface area (Å²) in [5.74, 6) is 0.00635. The zero-order valence-corrected chi connectivity index (χ0v) is 27.6. The molecular formula is C30H42ClN5O10. The van der Waals surface area contributed by atoms with Crippen LogP contribution < -0.4 is 15.5 Å². The van der Waals surface area contributed by atoms with E-state index in [9.17, 15) is 19.2 Å². The minimum atomic E-state index is -1.28. The van der Waals surface area contributed by atoms with Gasteiger partial charge in [0.2, 0.25) is 5.28 Å². The van der Waals surface area contributed by atoms with E-state index in [0.29, 0.717) is 36.6 Å². The van der Waals surface area contributed by atoms with Crippen molar-refractivity contribution in [3.63, 3.8) is 0 Å². The number of carbonyl (C=O) groups excluding carboxylic acids is 4. The molecule has 0 aromatic carbocycles. The molecule has 15 nitrogen and oxygen atoms in total. The summed E-state index contributed by atoms with van der Waals surface area (Å²) >= 11 is 6.20. The van der Waals surface area contributed by atoms with Gasteiger partial charge in [0, 0.05) is 13.7 Å². The zero-order chi connectivity index (χ0) is 33.5. The highest BCUT2D eigenvalue weighted by atomic mass is 35.5. The molecule has 2 saturated carbocycles. The normalized spacial score (nSPS) is 17.7. The lowest BCUT2D eigenvalue weighted by molar-refractivity contribution is -0.164. The molecule has 0 radical (unpaired) electrons. The summed E-state index contributed by atoms with van der Waals surface area (Å²) in [5.41, 5.74) is -0.432. The molecule has 0 bridgehead atoms. The molecule has 1 unspecified atom stereocenters. The van der Waals surface area contributed by atoms with Crippen molar-refractivity contribution in [2.24, 2.45) is 11.3 Å². The molecule has 2 fully saturated rings. The van der Waals surface area contributed by atoms with Gasteiger partial charge >= 0.3 is 18.0 Å². The molecule has 1 spiro atoms. The van der Waals surface area contributed by atoms with E-state index in [-0.39, 0.29) is 66.7 Å². The van der Waals surface area contributed by atoms with Crippen molar-refractivity contribution in [1.82, 2.24) is 9.97 Å². The number of rotatable bonds is 16. The molecule has 1 atom stereocenters. The van der Waals surface area contributed by atoms with Crippen LogP contribution in [0.1, 0.15) is 65.7 Å². The minimum Gasteiger partial charge on any atom is -0.498 e. The summed E-state index contributed by atoms with van der Waals surface area (Å²) < 4.78 is 31.5. The van der Waals surface area contributed by atoms with Crippen molar-refractivity contribution >= 4 is 53.4 Å². The number of carbonyl (C=O) groups is 4. The van der Waals surface area contributed by atoms with E-state index in [2.05, 4.69) is 20.6 Å². The number of aromatic nitrogens is 2. The number of hydrogen-bond acceptors (Lipinski definition) is 14. The van der Waals surface area contributed by atoms with Gasteiger partial charge in [-0.3, -0.25) is 19.7 Å². The number of anilines is 3. The topological polar surface area (TPSA) is 177 Å². The van der Waals surface area contributed by atoms with Gasteiger partial charge in [0.05, 0.1) is 32.2 Å². The highest BCUT2D eigenvalue weighted by Gasteiger charge is 2.51. The van der Waals surface area contributed by atoms with Gasteiger partial charge < -0.3 is 38.6 Å². The van der Waals surface area contributed by atoms with Gasteiger partial charge in [0.25, 0.3) is 6.47 Å². The molecule has 2 N–H and O–H groups in total. The van der Waals surface area contributed by atoms with Crippen LogP contribution >= 0.6 is 11.6 Å². The number of esters is 2. The van der Waals surface area contributed by atoms with Gasteiger partial charge in [-0.25, -0.2) is 4.79 Å². The maximum absolute atomic E-state index is 12.8. The molecule has 254 valence electrons. The molecule has 3 aliphatic rings. The fourth-order valence-corrected chi connectivity index (χ4v) is 5.95. The zero-order valence-electron chi connectivity index (χ0n) is 26.8. The van der Waals surface area contributed by atoms with Crippen LogP contribution in [0.5, 0.6) is 0 Å². The monoisotopic (exact) mass is 667 g/mol. The fourth-order valence-electron chi connectivity index (χ4n) is 5.78. The van der Waals surface area contributed by atoms with Crippen molar-refractivity contribution in [3.8, 4) is 0 Å². The lowest BCUT2D eigenvalue weighted by Crippen LogP contribution is -2.46. The van der Waals surface area contributed by atoms with Gasteiger partial charge in [-0.1, -0.05) is 6.42 Å². The number of nitrogens with zero attached hydrogens (tertiary/aromatic N) is 3. The summed E-state index contributed by atoms with van der Waals surface area (Å²) in [7, 11) is 2.96. The van der Waals surface area contributed by atoms with Gasteiger partial charge in [-0.15, -0.1) is 0 Å². The van der Waals surface area contributed by atoms with Gasteiger partial charge in [-0.05, 0) is 69.9 Å². The Kier molecular flexibility index (Phi) is 11.5. The molecule has 2 aliphatic carbocycles. The maximum atomic E-state index is 12.8. The lowest BCUT2D eigenvalue weighted by Gasteiger charge is -2.53. The number of fused-ring (bicyclic) bond motifs is 1. The van der Waals surface area contributed by atoms with Gasteiger partial charge in [0.1, 0.15) is 23.7 Å². The van der Waals surface area contributed by atoms with Crippen LogP contribution in [0.15, 0.2) is 11.5 Å². The molecular weight excluding hydrogens is 626 g/mol. The van der Waals surface area contributed by atoms with Crippen molar-refractivity contribution in [2.75, 3.05) is 56.2 Å². The van der Waals surface area contributed by atoms with Crippen LogP contribution in [0.4, 0.5) is 22.1 Å². The Balaban J connectivity index is 1.26. The number of hydrogen-bond donors (Lipinski definition) is 2. The smallest absolute Gasteiger partial charge is 0.413 e. The van der Waals surface area contributed by atoms with Crippen LogP contribution in [0.3, 0.4) is 0 Å². The molecule has 1 aromatic heterocycles. The van der Waals surface area contributed by atoms with Crippen molar-refractivity contribution < 1.29 is 47.6 Å². The average Bonchev–Trinajstić information content (AvgIpc) is 3.35. The molecule has 46 heavy (non-hydrogen) atoms. The van der Waals surface area contributed by atoms with Crippen LogP contribution in [0.25, 0.3) is 0 Å². The second-order valence-electron chi connectivity index (χ2n) is 12.4. The molecule has 4 rings (SSSR count). The van der Waals surface area contributed by atoms with E-state index in [1.165, 1.54) is 40.2 Å². The third kappa shape index (κ3) is 8.90. The molecule has 1 aromatic rings. The van der Waals surface area contributed by atoms with Crippen LogP contribution in [-0.4, -0.2) is 86.8 Å². The predicted octanol–water partition coefficient (Wildman–Crippen LogP) is 4.16. The molecule has 0 saturated heterocycles. The summed E-state index contributed by atoms with van der Waals surface area (Å²) in [6.07, 6.45) is 4.61. The first-order chi connectivity index (χ1) is 21.9. The third-order valence-corrected chi connectivity index (χ3v) is 8.76. The van der Waals surface area contributed by atoms with E-state index in [1.807, 2.05) is 4.90 Å². The highest BCUT2D eigenvalue weighted by molar-refractivity contribution is 6.28. The standard InChI is InChI=1S/C30H42ClN5O10/c1-18(41-4)21(45-17-37)15-43-22(38)13-29(2,3)46-28(40)34-24-23-25(35-27(31)33-24)36(16-32-23)10-7-20(42-5)14-44-26(39)19-11-30(12-19)8-6-9-30/h17,19-20,32H,6-16H2,1-5H3,(H,33,34,35,40)/b21-18-. The first kappa shape index (κ1) is 35.0. The molecule has 1 aliphatic heterocycles. The summed E-state index contributed by atoms with van der Waals surface area (Å²) in [6.45, 7) is 5.48. The summed E-state index contributed by atoms with van der Waals surface area (Å²) in [5, 5.41) is 5.63. The lowest BCUT2D eigenvalue weighted by atomic mass is 9.52. The number of allylic oxidation sites excluding steroid dienone is 1. The van der Waals surface area contributed by atoms with E-state index in [4.69, 9.17) is 40.0 Å². The first-order valence-electron chi connectivity index (χ1n) is 15.1. The number of nitrogens with one attached hydrogen (secondary N) is 2. The maximum Gasteiger partial charge on any atom is 0.413 e. The second-order valence-corrected chi connectivity index (χ2v) is 12.7. The number of halogens is 1. The van der Waals surface area contributed by atoms with E-state index < -0.39 is 17.7 Å². The predicted molar refractivity (Wildman–Crippen MR) is 165 cm³/mol. The van der Waals surface area contributed by atoms with Gasteiger partial charge in [0.15, 0.2) is 24.0 Å². The molecule has 1 amide bonds. The van der Waals surface area contributed by atoms with Crippen LogP contribution in [-0.2, 0) is 42.8 Å². The summed E-state index contributed by atoms with van der Waals surface area (Å²) in [6, 6.07) is 0.